The first-order chi connectivity index (χ1) is 6.36. The van der Waals surface area contributed by atoms with Gasteiger partial charge in [0.1, 0.15) is 15.7 Å². The molecule has 14 heavy (non-hydrogen) atoms. The maximum absolute atomic E-state index is 11.1. The molecule has 0 saturated heterocycles. The third kappa shape index (κ3) is 2.32. The highest BCUT2D eigenvalue weighted by Gasteiger charge is 2.18. The van der Waals surface area contributed by atoms with Gasteiger partial charge in [0, 0.05) is 10.7 Å². The minimum atomic E-state index is -3.83. The van der Waals surface area contributed by atoms with Gasteiger partial charge in [-0.05, 0) is 24.6 Å². The zero-order chi connectivity index (χ0) is 10.9. The fourth-order valence-corrected chi connectivity index (χ4v) is 2.65. The second-order valence-electron chi connectivity index (χ2n) is 2.72. The first-order valence-electron chi connectivity index (χ1n) is 3.65. The van der Waals surface area contributed by atoms with Crippen LogP contribution in [0.1, 0.15) is 5.56 Å². The van der Waals surface area contributed by atoms with E-state index in [0.29, 0.717) is 11.3 Å². The van der Waals surface area contributed by atoms with Gasteiger partial charge in [0.2, 0.25) is 0 Å². The van der Waals surface area contributed by atoms with Crippen LogP contribution >= 0.6 is 22.3 Å². The normalized spacial score (nSPS) is 11.4. The van der Waals surface area contributed by atoms with E-state index in [4.69, 9.17) is 27.0 Å². The second-order valence-corrected chi connectivity index (χ2v) is 5.63. The van der Waals surface area contributed by atoms with Gasteiger partial charge >= 0.3 is 0 Å². The van der Waals surface area contributed by atoms with Crippen molar-refractivity contribution < 1.29 is 13.2 Å². The molecule has 6 heteroatoms. The maximum atomic E-state index is 11.1. The lowest BCUT2D eigenvalue weighted by Gasteiger charge is -2.07. The quantitative estimate of drug-likeness (QED) is 0.763. The lowest BCUT2D eigenvalue weighted by Crippen LogP contribution is -1.96. The molecule has 78 valence electrons. The van der Waals surface area contributed by atoms with Gasteiger partial charge in [0.25, 0.3) is 9.05 Å². The number of benzene rings is 1. The second kappa shape index (κ2) is 3.96. The average Bonchev–Trinajstić information content (AvgIpc) is 2.06. The van der Waals surface area contributed by atoms with Gasteiger partial charge < -0.3 is 4.74 Å². The molecule has 1 rings (SSSR count). The molecular weight excluding hydrogens is 247 g/mol. The lowest BCUT2D eigenvalue weighted by atomic mass is 10.2. The summed E-state index contributed by atoms with van der Waals surface area (Å²) in [4.78, 5) is -0.127. The Labute approximate surface area is 92.0 Å². The van der Waals surface area contributed by atoms with Crippen LogP contribution in [-0.2, 0) is 9.05 Å². The van der Waals surface area contributed by atoms with Crippen molar-refractivity contribution in [3.8, 4) is 5.75 Å². The van der Waals surface area contributed by atoms with Gasteiger partial charge in [-0.15, -0.1) is 0 Å². The molecular formula is C8H8Cl2O3S. The topological polar surface area (TPSA) is 43.4 Å². The van der Waals surface area contributed by atoms with Crippen LogP contribution in [0.4, 0.5) is 0 Å². The van der Waals surface area contributed by atoms with Gasteiger partial charge in [-0.2, -0.15) is 0 Å². The van der Waals surface area contributed by atoms with Crippen molar-refractivity contribution in [2.75, 3.05) is 7.11 Å². The van der Waals surface area contributed by atoms with Crippen LogP contribution in [0.2, 0.25) is 5.02 Å². The van der Waals surface area contributed by atoms with Crippen LogP contribution in [0.15, 0.2) is 17.0 Å². The van der Waals surface area contributed by atoms with Crippen molar-refractivity contribution in [1.82, 2.24) is 0 Å². The molecule has 0 bridgehead atoms. The molecule has 0 aliphatic heterocycles. The molecule has 0 fully saturated rings. The molecule has 0 radical (unpaired) electrons. The van der Waals surface area contributed by atoms with Gasteiger partial charge in [0.05, 0.1) is 7.11 Å². The number of methoxy groups -OCH3 is 1. The number of hydrogen-bond acceptors (Lipinski definition) is 3. The Morgan fingerprint density at radius 1 is 1.36 bits per heavy atom. The Hall–Kier alpha value is -0.450. The number of aryl methyl sites for hydroxylation is 1. The smallest absolute Gasteiger partial charge is 0.262 e. The Kier molecular flexibility index (Phi) is 3.29. The zero-order valence-corrected chi connectivity index (χ0v) is 9.87. The van der Waals surface area contributed by atoms with Crippen LogP contribution in [0.3, 0.4) is 0 Å². The van der Waals surface area contributed by atoms with Crippen LogP contribution in [0.5, 0.6) is 5.75 Å². The summed E-state index contributed by atoms with van der Waals surface area (Å²) in [6, 6.07) is 3.03. The monoisotopic (exact) mass is 254 g/mol. The zero-order valence-electron chi connectivity index (χ0n) is 7.54. The fraction of sp³-hybridized carbons (Fsp3) is 0.250. The SMILES string of the molecule is COc1cc(C)cc(S(=O)(=O)Cl)c1Cl. The number of halogens is 2. The summed E-state index contributed by atoms with van der Waals surface area (Å²) < 4.78 is 27.1. The molecule has 0 unspecified atom stereocenters. The van der Waals surface area contributed by atoms with Gasteiger partial charge in [-0.25, -0.2) is 8.42 Å². The van der Waals surface area contributed by atoms with E-state index in [1.807, 2.05) is 0 Å². The highest BCUT2D eigenvalue weighted by atomic mass is 35.7. The highest BCUT2D eigenvalue weighted by Crippen LogP contribution is 2.34. The molecule has 1 aromatic rings. The van der Waals surface area contributed by atoms with Crippen LogP contribution in [0, 0.1) is 6.92 Å². The summed E-state index contributed by atoms with van der Waals surface area (Å²) in [6.45, 7) is 1.73. The average molecular weight is 255 g/mol. The van der Waals surface area contributed by atoms with E-state index in [2.05, 4.69) is 0 Å². The van der Waals surface area contributed by atoms with Crippen LogP contribution in [0.25, 0.3) is 0 Å². The van der Waals surface area contributed by atoms with E-state index >= 15 is 0 Å². The third-order valence-corrected chi connectivity index (χ3v) is 3.48. The van der Waals surface area contributed by atoms with Gasteiger partial charge in [-0.1, -0.05) is 11.6 Å². The van der Waals surface area contributed by atoms with E-state index in [-0.39, 0.29) is 9.92 Å². The van der Waals surface area contributed by atoms with Crippen molar-refractivity contribution in [2.45, 2.75) is 11.8 Å². The Bertz CT molecular complexity index is 454. The van der Waals surface area contributed by atoms with Gasteiger partial charge in [-0.3, -0.25) is 0 Å². The van der Waals surface area contributed by atoms with E-state index in [9.17, 15) is 8.42 Å². The minimum absolute atomic E-state index is 0.00750. The van der Waals surface area contributed by atoms with Crippen molar-refractivity contribution in [3.05, 3.63) is 22.7 Å². The van der Waals surface area contributed by atoms with E-state index in [1.165, 1.54) is 13.2 Å². The Morgan fingerprint density at radius 2 is 1.93 bits per heavy atom. The van der Waals surface area contributed by atoms with Crippen molar-refractivity contribution in [2.24, 2.45) is 0 Å². The molecule has 0 aliphatic carbocycles. The fourth-order valence-electron chi connectivity index (χ4n) is 1.03. The Balaban J connectivity index is 3.53. The molecule has 0 heterocycles. The van der Waals surface area contributed by atoms with E-state index in [1.54, 1.807) is 13.0 Å². The predicted molar refractivity (Wildman–Crippen MR) is 55.8 cm³/mol. The number of hydrogen-bond donors (Lipinski definition) is 0. The first-order valence-corrected chi connectivity index (χ1v) is 6.34. The van der Waals surface area contributed by atoms with Crippen molar-refractivity contribution in [1.29, 1.82) is 0 Å². The number of rotatable bonds is 2. The van der Waals surface area contributed by atoms with Gasteiger partial charge in [0.15, 0.2) is 0 Å². The summed E-state index contributed by atoms with van der Waals surface area (Å²) in [5.41, 5.74) is 0.713. The molecule has 0 saturated carbocycles. The van der Waals surface area contributed by atoms with Crippen LogP contribution < -0.4 is 4.74 Å². The predicted octanol–water partition coefficient (Wildman–Crippen LogP) is 2.58. The molecule has 0 spiro atoms. The third-order valence-electron chi connectivity index (χ3n) is 1.63. The summed E-state index contributed by atoms with van der Waals surface area (Å²) in [5, 5.41) is 0.00750. The van der Waals surface area contributed by atoms with Crippen molar-refractivity contribution >= 4 is 31.3 Å². The summed E-state index contributed by atoms with van der Waals surface area (Å²) in [5.74, 6) is 0.297. The molecule has 0 N–H and O–H groups in total. The first kappa shape index (κ1) is 11.6. The highest BCUT2D eigenvalue weighted by molar-refractivity contribution is 8.13. The molecule has 0 amide bonds. The molecule has 0 atom stereocenters. The Morgan fingerprint density at radius 3 is 2.36 bits per heavy atom. The molecule has 1 aromatic carbocycles. The summed E-state index contributed by atoms with van der Waals surface area (Å²) >= 11 is 5.78. The summed E-state index contributed by atoms with van der Waals surface area (Å²) in [6.07, 6.45) is 0. The molecule has 3 nitrogen and oxygen atoms in total. The van der Waals surface area contributed by atoms with Crippen LogP contribution in [-0.4, -0.2) is 15.5 Å². The van der Waals surface area contributed by atoms with E-state index < -0.39 is 9.05 Å². The van der Waals surface area contributed by atoms with E-state index in [0.717, 1.165) is 0 Å². The summed E-state index contributed by atoms with van der Waals surface area (Å²) in [7, 11) is 2.78. The largest absolute Gasteiger partial charge is 0.495 e. The number of ether oxygens (including phenoxy) is 1. The molecule has 0 aromatic heterocycles. The minimum Gasteiger partial charge on any atom is -0.495 e. The maximum Gasteiger partial charge on any atom is 0.262 e. The molecule has 0 aliphatic rings. The van der Waals surface area contributed by atoms with Crippen molar-refractivity contribution in [3.63, 3.8) is 0 Å². The lowest BCUT2D eigenvalue weighted by molar-refractivity contribution is 0.413. The standard InChI is InChI=1S/C8H8Cl2O3S/c1-5-3-6(13-2)8(9)7(4-5)14(10,11)12/h3-4H,1-2H3.